The van der Waals surface area contributed by atoms with Crippen LogP contribution >= 0.6 is 0 Å². The van der Waals surface area contributed by atoms with E-state index in [0.29, 0.717) is 12.5 Å². The molecule has 0 spiro atoms. The molecule has 1 aromatic rings. The summed E-state index contributed by atoms with van der Waals surface area (Å²) >= 11 is 0. The number of rotatable bonds is 3. The van der Waals surface area contributed by atoms with Crippen molar-refractivity contribution < 1.29 is 9.90 Å². The van der Waals surface area contributed by atoms with Gasteiger partial charge in [0.25, 0.3) is 0 Å². The zero-order valence-electron chi connectivity index (χ0n) is 15.0. The number of aliphatic hydroxyl groups is 1. The third-order valence-corrected chi connectivity index (χ3v) is 5.43. The maximum Gasteiger partial charge on any atom is 0.317 e. The van der Waals surface area contributed by atoms with E-state index in [0.717, 1.165) is 32.4 Å². The van der Waals surface area contributed by atoms with Crippen LogP contribution in [0.25, 0.3) is 0 Å². The van der Waals surface area contributed by atoms with Crippen molar-refractivity contribution in [3.05, 3.63) is 29.8 Å². The Labute approximate surface area is 144 Å². The van der Waals surface area contributed by atoms with Gasteiger partial charge in [0.05, 0.1) is 11.6 Å². The lowest BCUT2D eigenvalue weighted by atomic mass is 9.90. The Bertz CT molecular complexity index is 597. The van der Waals surface area contributed by atoms with Crippen molar-refractivity contribution in [2.75, 3.05) is 31.6 Å². The van der Waals surface area contributed by atoms with E-state index < -0.39 is 5.60 Å². The first kappa shape index (κ1) is 17.1. The van der Waals surface area contributed by atoms with Crippen LogP contribution in [-0.4, -0.2) is 54.4 Å². The fourth-order valence-corrected chi connectivity index (χ4v) is 4.07. The molecular weight excluding hydrogens is 302 g/mol. The first-order valence-electron chi connectivity index (χ1n) is 8.95. The number of carbonyl (C=O) groups is 1. The number of fused-ring (bicyclic) bond motifs is 1. The van der Waals surface area contributed by atoms with Crippen molar-refractivity contribution in [1.82, 2.24) is 10.2 Å². The second-order valence-electron chi connectivity index (χ2n) is 7.66. The van der Waals surface area contributed by atoms with Gasteiger partial charge in [0, 0.05) is 38.3 Å². The summed E-state index contributed by atoms with van der Waals surface area (Å²) in [5, 5.41) is 13.4. The van der Waals surface area contributed by atoms with E-state index in [4.69, 9.17) is 0 Å². The van der Waals surface area contributed by atoms with Gasteiger partial charge in [-0.2, -0.15) is 0 Å². The number of urea groups is 1. The van der Waals surface area contributed by atoms with E-state index in [2.05, 4.69) is 41.5 Å². The smallest absolute Gasteiger partial charge is 0.317 e. The highest BCUT2D eigenvalue weighted by Gasteiger charge is 2.38. The normalized spacial score (nSPS) is 24.0. The number of hydrogen-bond donors (Lipinski definition) is 2. The molecule has 5 heteroatoms. The molecule has 5 nitrogen and oxygen atoms in total. The molecule has 1 aromatic carbocycles. The molecule has 132 valence electrons. The number of para-hydroxylation sites is 1. The molecule has 0 aromatic heterocycles. The van der Waals surface area contributed by atoms with Crippen LogP contribution < -0.4 is 10.2 Å². The Morgan fingerprint density at radius 3 is 2.79 bits per heavy atom. The van der Waals surface area contributed by atoms with Gasteiger partial charge in [0.2, 0.25) is 0 Å². The second-order valence-corrected chi connectivity index (χ2v) is 7.66. The van der Waals surface area contributed by atoms with Crippen molar-refractivity contribution >= 4 is 11.7 Å². The molecule has 2 atom stereocenters. The van der Waals surface area contributed by atoms with E-state index in [-0.39, 0.29) is 12.1 Å². The summed E-state index contributed by atoms with van der Waals surface area (Å²) in [7, 11) is 2.12. The quantitative estimate of drug-likeness (QED) is 0.895. The molecule has 2 N–H and O–H groups in total. The summed E-state index contributed by atoms with van der Waals surface area (Å²) in [5.74, 6) is 0.351. The SMILES string of the molecule is CN1CC[C@H](CNC(=O)N2CCC[C@H]2C(C)(C)O)c2ccccc21. The van der Waals surface area contributed by atoms with Crippen LogP contribution in [0.2, 0.25) is 0 Å². The van der Waals surface area contributed by atoms with Crippen LogP contribution in [0.3, 0.4) is 0 Å². The molecule has 24 heavy (non-hydrogen) atoms. The van der Waals surface area contributed by atoms with Gasteiger partial charge in [-0.25, -0.2) is 4.79 Å². The number of amides is 2. The zero-order valence-corrected chi connectivity index (χ0v) is 15.0. The highest BCUT2D eigenvalue weighted by atomic mass is 16.3. The molecule has 1 saturated heterocycles. The van der Waals surface area contributed by atoms with Crippen LogP contribution in [0.15, 0.2) is 24.3 Å². The minimum Gasteiger partial charge on any atom is -0.388 e. The van der Waals surface area contributed by atoms with E-state index in [1.165, 1.54) is 11.3 Å². The number of carbonyl (C=O) groups excluding carboxylic acids is 1. The fraction of sp³-hybridized carbons (Fsp3) is 0.632. The largest absolute Gasteiger partial charge is 0.388 e. The summed E-state index contributed by atoms with van der Waals surface area (Å²) in [5.41, 5.74) is 1.72. The van der Waals surface area contributed by atoms with Crippen LogP contribution in [0.5, 0.6) is 0 Å². The molecule has 3 rings (SSSR count). The van der Waals surface area contributed by atoms with Gasteiger partial charge in [-0.05, 0) is 44.7 Å². The molecule has 0 unspecified atom stereocenters. The lowest BCUT2D eigenvalue weighted by Gasteiger charge is -2.35. The van der Waals surface area contributed by atoms with Crippen LogP contribution in [0, 0.1) is 0 Å². The second kappa shape index (κ2) is 6.63. The van der Waals surface area contributed by atoms with Crippen LogP contribution in [0.4, 0.5) is 10.5 Å². The first-order valence-corrected chi connectivity index (χ1v) is 8.95. The predicted octanol–water partition coefficient (Wildman–Crippen LogP) is 2.56. The molecule has 2 aliphatic heterocycles. The number of anilines is 1. The molecule has 2 amide bonds. The molecular formula is C19H29N3O2. The fourth-order valence-electron chi connectivity index (χ4n) is 4.07. The average molecular weight is 331 g/mol. The van der Waals surface area contributed by atoms with Crippen LogP contribution in [0.1, 0.15) is 44.6 Å². The summed E-state index contributed by atoms with van der Waals surface area (Å²) in [6.07, 6.45) is 2.87. The Morgan fingerprint density at radius 2 is 2.04 bits per heavy atom. The first-order chi connectivity index (χ1) is 11.4. The Kier molecular flexibility index (Phi) is 4.72. The topological polar surface area (TPSA) is 55.8 Å². The highest BCUT2D eigenvalue weighted by Crippen LogP contribution is 2.34. The lowest BCUT2D eigenvalue weighted by Crippen LogP contribution is -2.52. The minimum atomic E-state index is -0.853. The van der Waals surface area contributed by atoms with Crippen molar-refractivity contribution in [2.45, 2.75) is 50.7 Å². The standard InChI is InChI=1S/C19H29N3O2/c1-19(2,24)17-9-6-11-22(17)18(23)20-13-14-10-12-21(3)16-8-5-4-7-15(14)16/h4-5,7-8,14,17,24H,6,9-13H2,1-3H3,(H,20,23)/t14-,17+/m1/s1. The van der Waals surface area contributed by atoms with Gasteiger partial charge < -0.3 is 20.2 Å². The summed E-state index contributed by atoms with van der Waals surface area (Å²) in [4.78, 5) is 16.7. The molecule has 2 heterocycles. The molecule has 1 fully saturated rings. The molecule has 0 aliphatic carbocycles. The molecule has 2 aliphatic rings. The predicted molar refractivity (Wildman–Crippen MR) is 96.5 cm³/mol. The van der Waals surface area contributed by atoms with Gasteiger partial charge in [-0.1, -0.05) is 18.2 Å². The third kappa shape index (κ3) is 3.36. The highest BCUT2D eigenvalue weighted by molar-refractivity contribution is 5.75. The molecule has 0 saturated carbocycles. The number of benzene rings is 1. The maximum atomic E-state index is 12.6. The van der Waals surface area contributed by atoms with Gasteiger partial charge in [0.15, 0.2) is 0 Å². The summed E-state index contributed by atoms with van der Waals surface area (Å²) in [6.45, 7) is 5.96. The van der Waals surface area contributed by atoms with Crippen molar-refractivity contribution in [3.63, 3.8) is 0 Å². The van der Waals surface area contributed by atoms with Crippen molar-refractivity contribution in [3.8, 4) is 0 Å². The molecule has 0 radical (unpaired) electrons. The van der Waals surface area contributed by atoms with E-state index in [1.807, 2.05) is 0 Å². The molecule has 0 bridgehead atoms. The minimum absolute atomic E-state index is 0.0453. The number of nitrogens with one attached hydrogen (secondary N) is 1. The van der Waals surface area contributed by atoms with Gasteiger partial charge in [-0.3, -0.25) is 0 Å². The lowest BCUT2D eigenvalue weighted by molar-refractivity contribution is 0.00980. The third-order valence-electron chi connectivity index (χ3n) is 5.43. The van der Waals surface area contributed by atoms with E-state index in [9.17, 15) is 9.90 Å². The number of hydrogen-bond acceptors (Lipinski definition) is 3. The van der Waals surface area contributed by atoms with E-state index in [1.54, 1.807) is 18.7 Å². The summed E-state index contributed by atoms with van der Waals surface area (Å²) < 4.78 is 0. The number of nitrogens with zero attached hydrogens (tertiary/aromatic N) is 2. The Morgan fingerprint density at radius 1 is 1.29 bits per heavy atom. The van der Waals surface area contributed by atoms with Crippen molar-refractivity contribution in [2.24, 2.45) is 0 Å². The zero-order chi connectivity index (χ0) is 17.3. The van der Waals surface area contributed by atoms with Gasteiger partial charge >= 0.3 is 6.03 Å². The summed E-state index contributed by atoms with van der Waals surface area (Å²) in [6, 6.07) is 8.30. The average Bonchev–Trinajstić information content (AvgIpc) is 3.04. The van der Waals surface area contributed by atoms with Crippen LogP contribution in [-0.2, 0) is 0 Å². The number of likely N-dealkylation sites (tertiary alicyclic amines) is 1. The maximum absolute atomic E-state index is 12.6. The van der Waals surface area contributed by atoms with Crippen molar-refractivity contribution in [1.29, 1.82) is 0 Å². The van der Waals surface area contributed by atoms with Gasteiger partial charge in [0.1, 0.15) is 0 Å². The van der Waals surface area contributed by atoms with Gasteiger partial charge in [-0.15, -0.1) is 0 Å². The monoisotopic (exact) mass is 331 g/mol. The Hall–Kier alpha value is -1.75. The van der Waals surface area contributed by atoms with E-state index >= 15 is 0 Å². The Balaban J connectivity index is 1.64.